The molecule has 42 heavy (non-hydrogen) atoms. The summed E-state index contributed by atoms with van der Waals surface area (Å²) >= 11 is 0. The van der Waals surface area contributed by atoms with Gasteiger partial charge in [-0.05, 0) is 55.0 Å². The molecule has 0 heterocycles. The monoisotopic (exact) mass is 589 g/mol. The predicted octanol–water partition coefficient (Wildman–Crippen LogP) is 5.16. The number of hydrogen-bond acceptors (Lipinski definition) is 4. The second-order valence-corrected chi connectivity index (χ2v) is 10.8. The van der Waals surface area contributed by atoms with E-state index < -0.39 is 40.9 Å². The van der Waals surface area contributed by atoms with Crippen molar-refractivity contribution in [3.05, 3.63) is 94.8 Å². The van der Waals surface area contributed by atoms with Gasteiger partial charge in [0.1, 0.15) is 5.82 Å². The molecular formula is C32H39F4N3O3. The van der Waals surface area contributed by atoms with Crippen LogP contribution in [-0.4, -0.2) is 47.6 Å². The molecule has 6 nitrogen and oxygen atoms in total. The van der Waals surface area contributed by atoms with Gasteiger partial charge in [-0.1, -0.05) is 62.4 Å². The molecule has 10 heteroatoms. The zero-order valence-electron chi connectivity index (χ0n) is 24.0. The van der Waals surface area contributed by atoms with Crippen molar-refractivity contribution in [1.29, 1.82) is 0 Å². The maximum Gasteiger partial charge on any atom is 0.416 e. The van der Waals surface area contributed by atoms with Gasteiger partial charge >= 0.3 is 6.18 Å². The predicted molar refractivity (Wildman–Crippen MR) is 153 cm³/mol. The number of nitrogens with one attached hydrogen (secondary N) is 1. The van der Waals surface area contributed by atoms with Gasteiger partial charge in [0.15, 0.2) is 0 Å². The van der Waals surface area contributed by atoms with E-state index in [1.165, 1.54) is 0 Å². The van der Waals surface area contributed by atoms with Crippen LogP contribution in [0.1, 0.15) is 49.8 Å². The fourth-order valence-electron chi connectivity index (χ4n) is 5.53. The van der Waals surface area contributed by atoms with E-state index in [0.717, 1.165) is 30.5 Å². The second kappa shape index (κ2) is 14.6. The second-order valence-electron chi connectivity index (χ2n) is 10.8. The molecule has 2 aromatic rings. The van der Waals surface area contributed by atoms with Crippen molar-refractivity contribution in [3.63, 3.8) is 0 Å². The molecular weight excluding hydrogens is 550 g/mol. The van der Waals surface area contributed by atoms with Crippen molar-refractivity contribution in [2.75, 3.05) is 19.6 Å². The largest absolute Gasteiger partial charge is 0.416 e. The Kier molecular flexibility index (Phi) is 11.5. The van der Waals surface area contributed by atoms with Gasteiger partial charge in [-0.15, -0.1) is 0 Å². The van der Waals surface area contributed by atoms with Crippen molar-refractivity contribution in [2.24, 2.45) is 17.1 Å². The molecule has 1 aliphatic carbocycles. The van der Waals surface area contributed by atoms with Crippen molar-refractivity contribution in [3.8, 4) is 0 Å². The minimum absolute atomic E-state index is 0.00497. The van der Waals surface area contributed by atoms with Crippen molar-refractivity contribution in [2.45, 2.75) is 58.4 Å². The number of carbonyl (C=O) groups is 2. The molecule has 3 rings (SSSR count). The quantitative estimate of drug-likeness (QED) is 0.265. The third kappa shape index (κ3) is 8.29. The Morgan fingerprint density at radius 2 is 1.74 bits per heavy atom. The van der Waals surface area contributed by atoms with Crippen LogP contribution in [0.4, 0.5) is 17.6 Å². The molecule has 0 fully saturated rings. The highest BCUT2D eigenvalue weighted by Gasteiger charge is 2.47. The molecule has 2 amide bonds. The molecule has 0 saturated carbocycles. The number of benzene rings is 2. The fourth-order valence-corrected chi connectivity index (χ4v) is 5.53. The van der Waals surface area contributed by atoms with E-state index in [-0.39, 0.29) is 37.4 Å². The van der Waals surface area contributed by atoms with E-state index in [1.54, 1.807) is 23.1 Å². The van der Waals surface area contributed by atoms with Crippen LogP contribution in [0.5, 0.6) is 0 Å². The van der Waals surface area contributed by atoms with Gasteiger partial charge in [0, 0.05) is 37.7 Å². The summed E-state index contributed by atoms with van der Waals surface area (Å²) in [5, 5.41) is 14.4. The molecule has 0 spiro atoms. The summed E-state index contributed by atoms with van der Waals surface area (Å²) in [5.74, 6) is -2.70. The number of aliphatic hydroxyl groups excluding tert-OH is 1. The Morgan fingerprint density at radius 1 is 1.07 bits per heavy atom. The number of amides is 2. The highest BCUT2D eigenvalue weighted by atomic mass is 19.4. The lowest BCUT2D eigenvalue weighted by Crippen LogP contribution is -2.51. The average Bonchev–Trinajstić information content (AvgIpc) is 2.95. The number of halogens is 4. The van der Waals surface area contributed by atoms with E-state index in [9.17, 15) is 32.3 Å². The SMILES string of the molecule is CCCN(CCC)C(=O)C1=CC=CC(C(N)=O)([C@H](Cc2ccccc2)[C@@H](O)CNCc2cc(F)cc(C(F)(F)F)c2)C1. The minimum atomic E-state index is -4.70. The first kappa shape index (κ1) is 33.0. The van der Waals surface area contributed by atoms with Crippen LogP contribution in [0.2, 0.25) is 0 Å². The molecule has 2 aromatic carbocycles. The van der Waals surface area contributed by atoms with Gasteiger partial charge in [-0.2, -0.15) is 13.2 Å². The first-order valence-corrected chi connectivity index (χ1v) is 14.2. The van der Waals surface area contributed by atoms with Gasteiger partial charge in [-0.25, -0.2) is 4.39 Å². The number of aliphatic hydroxyl groups is 1. The van der Waals surface area contributed by atoms with Crippen LogP contribution in [0.3, 0.4) is 0 Å². The summed E-state index contributed by atoms with van der Waals surface area (Å²) in [6.07, 6.45) is 0.808. The molecule has 3 atom stereocenters. The van der Waals surface area contributed by atoms with Crippen molar-refractivity contribution in [1.82, 2.24) is 10.2 Å². The third-order valence-corrected chi connectivity index (χ3v) is 7.57. The third-order valence-electron chi connectivity index (χ3n) is 7.57. The number of nitrogens with two attached hydrogens (primary N) is 1. The summed E-state index contributed by atoms with van der Waals surface area (Å²) < 4.78 is 53.3. The highest BCUT2D eigenvalue weighted by Crippen LogP contribution is 2.43. The zero-order valence-corrected chi connectivity index (χ0v) is 24.0. The summed E-state index contributed by atoms with van der Waals surface area (Å²) in [4.78, 5) is 28.4. The Balaban J connectivity index is 1.88. The van der Waals surface area contributed by atoms with Gasteiger partial charge in [0.2, 0.25) is 11.8 Å². The molecule has 1 aliphatic rings. The Hall–Kier alpha value is -3.50. The Morgan fingerprint density at radius 3 is 2.33 bits per heavy atom. The number of primary amides is 1. The maximum absolute atomic E-state index is 13.9. The van der Waals surface area contributed by atoms with Gasteiger partial charge < -0.3 is 21.1 Å². The normalized spacial score (nSPS) is 18.3. The lowest BCUT2D eigenvalue weighted by molar-refractivity contribution is -0.138. The number of allylic oxidation sites excluding steroid dienone is 2. The smallest absolute Gasteiger partial charge is 0.391 e. The van der Waals surface area contributed by atoms with Gasteiger partial charge in [-0.3, -0.25) is 9.59 Å². The summed E-state index contributed by atoms with van der Waals surface area (Å²) in [5.41, 5.74) is 4.80. The topological polar surface area (TPSA) is 95.7 Å². The number of carbonyl (C=O) groups excluding carboxylic acids is 2. The highest BCUT2D eigenvalue weighted by molar-refractivity contribution is 5.96. The molecule has 0 bridgehead atoms. The summed E-state index contributed by atoms with van der Waals surface area (Å²) in [6, 6.07) is 11.5. The molecule has 0 aromatic heterocycles. The van der Waals surface area contributed by atoms with E-state index in [4.69, 9.17) is 5.73 Å². The lowest BCUT2D eigenvalue weighted by Gasteiger charge is -2.41. The maximum atomic E-state index is 13.9. The molecule has 1 unspecified atom stereocenters. The molecule has 4 N–H and O–H groups in total. The Labute approximate surface area is 244 Å². The molecule has 0 saturated heterocycles. The van der Waals surface area contributed by atoms with Crippen molar-refractivity contribution >= 4 is 11.8 Å². The fraction of sp³-hybridized carbons (Fsp3) is 0.438. The van der Waals surface area contributed by atoms with Crippen LogP contribution < -0.4 is 11.1 Å². The average molecular weight is 590 g/mol. The Bertz CT molecular complexity index is 1270. The first-order valence-electron chi connectivity index (χ1n) is 14.2. The van der Waals surface area contributed by atoms with Gasteiger partial charge in [0.05, 0.1) is 17.1 Å². The van der Waals surface area contributed by atoms with E-state index in [2.05, 4.69) is 5.32 Å². The van der Waals surface area contributed by atoms with E-state index >= 15 is 0 Å². The van der Waals surface area contributed by atoms with Crippen molar-refractivity contribution < 1.29 is 32.3 Å². The van der Waals surface area contributed by atoms with Crippen LogP contribution in [-0.2, 0) is 28.7 Å². The van der Waals surface area contributed by atoms with Gasteiger partial charge in [0.25, 0.3) is 0 Å². The van der Waals surface area contributed by atoms with Crippen LogP contribution >= 0.6 is 0 Å². The lowest BCUT2D eigenvalue weighted by atomic mass is 9.64. The molecule has 0 radical (unpaired) electrons. The van der Waals surface area contributed by atoms with Crippen LogP contribution in [0.15, 0.2) is 72.3 Å². The van der Waals surface area contributed by atoms with Crippen LogP contribution in [0.25, 0.3) is 0 Å². The molecule has 0 aliphatic heterocycles. The van der Waals surface area contributed by atoms with Crippen LogP contribution in [0, 0.1) is 17.2 Å². The first-order chi connectivity index (χ1) is 19.9. The molecule has 228 valence electrons. The number of hydrogen-bond donors (Lipinski definition) is 3. The summed E-state index contributed by atoms with van der Waals surface area (Å²) in [7, 11) is 0. The number of rotatable bonds is 14. The number of alkyl halides is 3. The zero-order chi connectivity index (χ0) is 30.9. The minimum Gasteiger partial charge on any atom is -0.391 e. The summed E-state index contributed by atoms with van der Waals surface area (Å²) in [6.45, 7) is 4.81. The van der Waals surface area contributed by atoms with E-state index in [1.807, 2.05) is 44.2 Å². The van der Waals surface area contributed by atoms with E-state index in [0.29, 0.717) is 24.7 Å². The standard InChI is InChI=1S/C32H39F4N3O3/c1-3-13-39(14-4-2)29(41)24-11-8-12-31(19-24,30(37)42)27(17-22-9-6-5-7-10-22)28(40)21-38-20-23-15-25(32(34,35)36)18-26(33)16-23/h5-12,15-16,18,27-28,38,40H,3-4,13-14,17,19-21H2,1-2H3,(H2,37,42)/t27-,28+,31?/m1/s1. The number of nitrogens with zero attached hydrogens (tertiary/aromatic N) is 1.